The number of ether oxygens (including phenoxy) is 2. The highest BCUT2D eigenvalue weighted by molar-refractivity contribution is 6.05. The molecule has 0 radical (unpaired) electrons. The van der Waals surface area contributed by atoms with Crippen LogP contribution in [0.1, 0.15) is 45.2 Å². The number of amides is 2. The van der Waals surface area contributed by atoms with Crippen molar-refractivity contribution in [3.63, 3.8) is 0 Å². The molecule has 1 unspecified atom stereocenters. The zero-order valence-corrected chi connectivity index (χ0v) is 25.8. The van der Waals surface area contributed by atoms with Gasteiger partial charge in [0.15, 0.2) is 5.82 Å². The van der Waals surface area contributed by atoms with E-state index in [1.165, 1.54) is 4.57 Å². The largest absolute Gasteiger partial charge is 0.381 e. The molecule has 10 heteroatoms. The van der Waals surface area contributed by atoms with E-state index in [0.717, 1.165) is 29.7 Å². The van der Waals surface area contributed by atoms with Crippen molar-refractivity contribution in [1.29, 1.82) is 0 Å². The lowest BCUT2D eigenvalue weighted by Crippen LogP contribution is -2.40. The molecule has 0 spiro atoms. The van der Waals surface area contributed by atoms with Gasteiger partial charge in [0, 0.05) is 66.4 Å². The second-order valence-corrected chi connectivity index (χ2v) is 11.9. The molecule has 0 bridgehead atoms. The van der Waals surface area contributed by atoms with E-state index < -0.39 is 0 Å². The quantitative estimate of drug-likeness (QED) is 0.307. The summed E-state index contributed by atoms with van der Waals surface area (Å²) >= 11 is 0. The molecule has 1 atom stereocenters. The maximum Gasteiger partial charge on any atom is 0.293 e. The molecule has 0 aliphatic carbocycles. The van der Waals surface area contributed by atoms with E-state index in [1.807, 2.05) is 49.4 Å². The van der Waals surface area contributed by atoms with Crippen LogP contribution in [0.3, 0.4) is 0 Å². The third-order valence-electron chi connectivity index (χ3n) is 8.68. The van der Waals surface area contributed by atoms with Crippen LogP contribution in [0.15, 0.2) is 77.7 Å². The number of aromatic nitrogens is 2. The first-order valence-electron chi connectivity index (χ1n) is 15.1. The van der Waals surface area contributed by atoms with E-state index in [1.54, 1.807) is 42.4 Å². The highest BCUT2D eigenvalue weighted by Gasteiger charge is 2.31. The minimum absolute atomic E-state index is 0.0258. The number of nitrogens with zero attached hydrogens (tertiary/aromatic N) is 3. The lowest BCUT2D eigenvalue weighted by Gasteiger charge is -2.26. The smallest absolute Gasteiger partial charge is 0.293 e. The summed E-state index contributed by atoms with van der Waals surface area (Å²) in [5.41, 5.74) is 5.44. The average molecular weight is 608 g/mol. The van der Waals surface area contributed by atoms with Gasteiger partial charge in [-0.25, -0.2) is 4.98 Å². The van der Waals surface area contributed by atoms with Gasteiger partial charge in [-0.2, -0.15) is 0 Å². The van der Waals surface area contributed by atoms with Crippen molar-refractivity contribution in [2.45, 2.75) is 25.7 Å². The van der Waals surface area contributed by atoms with Gasteiger partial charge in [-0.15, -0.1) is 0 Å². The molecule has 2 amide bonds. The predicted molar refractivity (Wildman–Crippen MR) is 173 cm³/mol. The van der Waals surface area contributed by atoms with Gasteiger partial charge in [0.1, 0.15) is 0 Å². The summed E-state index contributed by atoms with van der Waals surface area (Å²) in [7, 11) is 1.67. The predicted octanol–water partition coefficient (Wildman–Crippen LogP) is 4.90. The Bertz CT molecular complexity index is 1770. The third kappa shape index (κ3) is 6.38. The van der Waals surface area contributed by atoms with E-state index in [0.29, 0.717) is 61.1 Å². The Kier molecular flexibility index (Phi) is 8.51. The van der Waals surface area contributed by atoms with Gasteiger partial charge in [-0.3, -0.25) is 14.4 Å². The van der Waals surface area contributed by atoms with Crippen molar-refractivity contribution in [3.8, 4) is 11.3 Å². The van der Waals surface area contributed by atoms with E-state index in [-0.39, 0.29) is 28.6 Å². The molecule has 10 nitrogen and oxygen atoms in total. The first-order valence-corrected chi connectivity index (χ1v) is 15.1. The molecular weight excluding hydrogens is 570 g/mol. The highest BCUT2D eigenvalue weighted by atomic mass is 16.5. The number of morpholine rings is 1. The maximum atomic E-state index is 13.2. The van der Waals surface area contributed by atoms with Crippen molar-refractivity contribution in [2.75, 3.05) is 50.2 Å². The summed E-state index contributed by atoms with van der Waals surface area (Å²) in [5.74, 6) is -0.104. The zero-order valence-electron chi connectivity index (χ0n) is 25.8. The second-order valence-electron chi connectivity index (χ2n) is 11.9. The average Bonchev–Trinajstić information content (AvgIpc) is 3.52. The Morgan fingerprint density at radius 1 is 0.911 bits per heavy atom. The van der Waals surface area contributed by atoms with Gasteiger partial charge >= 0.3 is 0 Å². The van der Waals surface area contributed by atoms with Crippen molar-refractivity contribution < 1.29 is 19.1 Å². The number of benzene rings is 3. The van der Waals surface area contributed by atoms with Crippen LogP contribution in [-0.4, -0.2) is 65.8 Å². The molecule has 6 rings (SSSR count). The molecule has 232 valence electrons. The number of carbonyl (C=O) groups is 2. The molecule has 4 aromatic rings. The Balaban J connectivity index is 1.19. The molecule has 2 aliphatic heterocycles. The number of carbonyl (C=O) groups excluding carboxylic acids is 2. The molecule has 2 N–H and O–H groups in total. The normalized spacial score (nSPS) is 18.1. The van der Waals surface area contributed by atoms with Gasteiger partial charge in [-0.1, -0.05) is 31.2 Å². The SMILES string of the molecule is Cc1c(NC(=O)c2ccc(C3(C)CCOC3)cc2)cccc1-c1cn(C)c(=O)c(Nc2ccc(C(=O)N3CCOCC3)cc2)n1. The Labute approximate surface area is 262 Å². The number of anilines is 3. The second kappa shape index (κ2) is 12.7. The zero-order chi connectivity index (χ0) is 31.6. The van der Waals surface area contributed by atoms with Gasteiger partial charge in [0.25, 0.3) is 17.4 Å². The van der Waals surface area contributed by atoms with Gasteiger partial charge in [0.2, 0.25) is 0 Å². The van der Waals surface area contributed by atoms with Crippen LogP contribution in [0.4, 0.5) is 17.2 Å². The standard InChI is InChI=1S/C35H37N5O5/c1-23-28(5-4-6-29(23)38-32(41)24-7-11-26(12-8-24)35(2)15-18-45-22-35)30-21-39(3)34(43)31(37-30)36-27-13-9-25(10-14-27)33(42)40-16-19-44-20-17-40/h4-14,21H,15-20,22H2,1-3H3,(H,36,37)(H,38,41). The van der Waals surface area contributed by atoms with Gasteiger partial charge in [0.05, 0.1) is 25.5 Å². The Morgan fingerprint density at radius 2 is 1.62 bits per heavy atom. The van der Waals surface area contributed by atoms with E-state index >= 15 is 0 Å². The van der Waals surface area contributed by atoms with Crippen LogP contribution in [-0.2, 0) is 21.9 Å². The molecule has 3 aromatic carbocycles. The van der Waals surface area contributed by atoms with Crippen LogP contribution in [0.25, 0.3) is 11.3 Å². The Hall–Kier alpha value is -4.80. The van der Waals surface area contributed by atoms with E-state index in [4.69, 9.17) is 9.47 Å². The van der Waals surface area contributed by atoms with E-state index in [2.05, 4.69) is 22.5 Å². The third-order valence-corrected chi connectivity index (χ3v) is 8.68. The number of rotatable bonds is 7. The number of hydrogen-bond acceptors (Lipinski definition) is 7. The van der Waals surface area contributed by atoms with Gasteiger partial charge < -0.3 is 29.6 Å². The molecule has 1 aromatic heterocycles. The fraction of sp³-hybridized carbons (Fsp3) is 0.314. The minimum Gasteiger partial charge on any atom is -0.381 e. The minimum atomic E-state index is -0.296. The summed E-state index contributed by atoms with van der Waals surface area (Å²) in [4.78, 5) is 45.5. The summed E-state index contributed by atoms with van der Waals surface area (Å²) in [5, 5.41) is 6.16. The van der Waals surface area contributed by atoms with Crippen molar-refractivity contribution >= 4 is 29.0 Å². The fourth-order valence-electron chi connectivity index (χ4n) is 5.76. The lowest BCUT2D eigenvalue weighted by atomic mass is 9.82. The first kappa shape index (κ1) is 30.2. The summed E-state index contributed by atoms with van der Waals surface area (Å²) in [6.07, 6.45) is 2.64. The highest BCUT2D eigenvalue weighted by Crippen LogP contribution is 2.33. The van der Waals surface area contributed by atoms with Crippen LogP contribution in [0.2, 0.25) is 0 Å². The maximum absolute atomic E-state index is 13.2. The number of nitrogens with one attached hydrogen (secondary N) is 2. The van der Waals surface area contributed by atoms with Crippen LogP contribution >= 0.6 is 0 Å². The molecule has 2 aliphatic rings. The lowest BCUT2D eigenvalue weighted by molar-refractivity contribution is 0.0303. The van der Waals surface area contributed by atoms with Crippen LogP contribution in [0, 0.1) is 6.92 Å². The van der Waals surface area contributed by atoms with Crippen molar-refractivity contribution in [2.24, 2.45) is 7.05 Å². The number of aryl methyl sites for hydroxylation is 1. The summed E-state index contributed by atoms with van der Waals surface area (Å²) < 4.78 is 12.4. The Morgan fingerprint density at radius 3 is 2.31 bits per heavy atom. The van der Waals surface area contributed by atoms with Crippen molar-refractivity contribution in [1.82, 2.24) is 14.5 Å². The van der Waals surface area contributed by atoms with Crippen molar-refractivity contribution in [3.05, 3.63) is 106 Å². The van der Waals surface area contributed by atoms with Crippen LogP contribution in [0.5, 0.6) is 0 Å². The molecular formula is C35H37N5O5. The van der Waals surface area contributed by atoms with E-state index in [9.17, 15) is 14.4 Å². The molecule has 2 fully saturated rings. The molecule has 0 saturated carbocycles. The summed E-state index contributed by atoms with van der Waals surface area (Å²) in [6, 6.07) is 20.3. The monoisotopic (exact) mass is 607 g/mol. The number of hydrogen-bond donors (Lipinski definition) is 2. The first-order chi connectivity index (χ1) is 21.7. The fourth-order valence-corrected chi connectivity index (χ4v) is 5.76. The summed E-state index contributed by atoms with van der Waals surface area (Å²) in [6.45, 7) is 7.75. The topological polar surface area (TPSA) is 115 Å². The molecule has 3 heterocycles. The van der Waals surface area contributed by atoms with Crippen LogP contribution < -0.4 is 16.2 Å². The molecule has 2 saturated heterocycles. The van der Waals surface area contributed by atoms with Gasteiger partial charge in [-0.05, 0) is 66.9 Å². The molecule has 45 heavy (non-hydrogen) atoms.